The van der Waals surface area contributed by atoms with Gasteiger partial charge in [0.1, 0.15) is 10.6 Å². The van der Waals surface area contributed by atoms with E-state index in [0.717, 1.165) is 22.0 Å². The third-order valence-corrected chi connectivity index (χ3v) is 4.37. The first-order valence-electron chi connectivity index (χ1n) is 6.01. The van der Waals surface area contributed by atoms with Crippen molar-refractivity contribution in [2.75, 3.05) is 11.1 Å². The van der Waals surface area contributed by atoms with E-state index >= 15 is 0 Å². The molecule has 0 amide bonds. The average Bonchev–Trinajstić information content (AvgIpc) is 2.62. The molecule has 1 saturated carbocycles. The lowest BCUT2D eigenvalue weighted by Gasteiger charge is -2.32. The number of nitrogens with two attached hydrogens (primary N) is 1. The van der Waals surface area contributed by atoms with Crippen LogP contribution in [0.1, 0.15) is 26.2 Å². The number of fused-ring (bicyclic) bond motifs is 1. The summed E-state index contributed by atoms with van der Waals surface area (Å²) < 4.78 is 0. The van der Waals surface area contributed by atoms with Gasteiger partial charge < -0.3 is 11.1 Å². The number of thiophene rings is 1. The highest BCUT2D eigenvalue weighted by molar-refractivity contribution is 7.16. The van der Waals surface area contributed by atoms with E-state index in [2.05, 4.69) is 28.3 Å². The molecule has 17 heavy (non-hydrogen) atoms. The maximum absolute atomic E-state index is 5.73. The quantitative estimate of drug-likeness (QED) is 0.876. The Morgan fingerprint density at radius 3 is 3.00 bits per heavy atom. The fourth-order valence-corrected chi connectivity index (χ4v) is 3.03. The smallest absolute Gasteiger partial charge is 0.223 e. The molecular formula is C12H16N4S. The van der Waals surface area contributed by atoms with Crippen LogP contribution in [0.3, 0.4) is 0 Å². The molecule has 5 heteroatoms. The standard InChI is InChI=1S/C12H16N4S/c1-7(8-3-2-4-8)14-10-9-5-6-17-11(9)16-12(13)15-10/h5-8H,2-4H2,1H3,(H3,13,14,15,16). The van der Waals surface area contributed by atoms with Crippen LogP contribution in [0.4, 0.5) is 11.8 Å². The molecule has 1 fully saturated rings. The molecule has 1 atom stereocenters. The Balaban J connectivity index is 1.90. The number of hydrogen-bond acceptors (Lipinski definition) is 5. The van der Waals surface area contributed by atoms with E-state index in [1.807, 2.05) is 5.38 Å². The van der Waals surface area contributed by atoms with Crippen molar-refractivity contribution in [2.45, 2.75) is 32.2 Å². The van der Waals surface area contributed by atoms with Gasteiger partial charge in [0.05, 0.1) is 5.39 Å². The van der Waals surface area contributed by atoms with Gasteiger partial charge >= 0.3 is 0 Å². The normalized spacial score (nSPS) is 17.9. The summed E-state index contributed by atoms with van der Waals surface area (Å²) >= 11 is 1.60. The highest BCUT2D eigenvalue weighted by Crippen LogP contribution is 2.32. The second kappa shape index (κ2) is 4.14. The van der Waals surface area contributed by atoms with E-state index in [4.69, 9.17) is 5.73 Å². The first kappa shape index (κ1) is 10.8. The zero-order chi connectivity index (χ0) is 11.8. The number of hydrogen-bond donors (Lipinski definition) is 2. The predicted molar refractivity (Wildman–Crippen MR) is 72.3 cm³/mol. The summed E-state index contributed by atoms with van der Waals surface area (Å²) in [6, 6.07) is 2.51. The summed E-state index contributed by atoms with van der Waals surface area (Å²) in [5, 5.41) is 6.59. The van der Waals surface area contributed by atoms with Crippen LogP contribution >= 0.6 is 11.3 Å². The topological polar surface area (TPSA) is 63.8 Å². The Hall–Kier alpha value is -1.36. The predicted octanol–water partition coefficient (Wildman–Crippen LogP) is 2.87. The van der Waals surface area contributed by atoms with E-state index in [0.29, 0.717) is 12.0 Å². The van der Waals surface area contributed by atoms with Gasteiger partial charge in [-0.15, -0.1) is 11.3 Å². The number of nitrogens with zero attached hydrogens (tertiary/aromatic N) is 2. The van der Waals surface area contributed by atoms with Gasteiger partial charge in [-0.05, 0) is 37.1 Å². The summed E-state index contributed by atoms with van der Waals surface area (Å²) in [5.41, 5.74) is 5.73. The molecule has 3 N–H and O–H groups in total. The maximum atomic E-state index is 5.73. The number of nitrogens with one attached hydrogen (secondary N) is 1. The fourth-order valence-electron chi connectivity index (χ4n) is 2.26. The van der Waals surface area contributed by atoms with Crippen LogP contribution in [0.5, 0.6) is 0 Å². The highest BCUT2D eigenvalue weighted by Gasteiger charge is 2.24. The van der Waals surface area contributed by atoms with Gasteiger partial charge in [-0.2, -0.15) is 4.98 Å². The second-order valence-electron chi connectivity index (χ2n) is 4.69. The molecule has 4 nitrogen and oxygen atoms in total. The van der Waals surface area contributed by atoms with E-state index in [1.54, 1.807) is 11.3 Å². The number of aromatic nitrogens is 2. The number of rotatable bonds is 3. The molecular weight excluding hydrogens is 232 g/mol. The number of nitrogen functional groups attached to an aromatic ring is 1. The van der Waals surface area contributed by atoms with Crippen LogP contribution < -0.4 is 11.1 Å². The Morgan fingerprint density at radius 2 is 2.29 bits per heavy atom. The van der Waals surface area contributed by atoms with Gasteiger partial charge in [0.25, 0.3) is 0 Å². The minimum absolute atomic E-state index is 0.350. The summed E-state index contributed by atoms with van der Waals surface area (Å²) in [4.78, 5) is 9.50. The Bertz CT molecular complexity index is 532. The molecule has 1 unspecified atom stereocenters. The van der Waals surface area contributed by atoms with Crippen molar-refractivity contribution in [3.8, 4) is 0 Å². The largest absolute Gasteiger partial charge is 0.368 e. The fraction of sp³-hybridized carbons (Fsp3) is 0.500. The molecule has 90 valence electrons. The molecule has 0 bridgehead atoms. The summed E-state index contributed by atoms with van der Waals surface area (Å²) in [6.07, 6.45) is 4.00. The van der Waals surface area contributed by atoms with E-state index in [-0.39, 0.29) is 0 Å². The SMILES string of the molecule is CC(Nc1nc(N)nc2sccc12)C1CCC1. The minimum Gasteiger partial charge on any atom is -0.368 e. The van der Waals surface area contributed by atoms with Gasteiger partial charge in [-0.1, -0.05) is 6.42 Å². The lowest BCUT2D eigenvalue weighted by molar-refractivity contribution is 0.285. The van der Waals surface area contributed by atoms with Crippen LogP contribution in [-0.2, 0) is 0 Å². The molecule has 0 radical (unpaired) electrons. The molecule has 2 heterocycles. The average molecular weight is 248 g/mol. The van der Waals surface area contributed by atoms with Gasteiger partial charge in [-0.25, -0.2) is 4.98 Å². The second-order valence-corrected chi connectivity index (χ2v) is 5.59. The van der Waals surface area contributed by atoms with Crippen molar-refractivity contribution in [2.24, 2.45) is 5.92 Å². The monoisotopic (exact) mass is 248 g/mol. The van der Waals surface area contributed by atoms with Gasteiger partial charge in [0.2, 0.25) is 5.95 Å². The molecule has 2 aromatic rings. The molecule has 0 aromatic carbocycles. The van der Waals surface area contributed by atoms with Crippen LogP contribution in [0, 0.1) is 5.92 Å². The molecule has 0 saturated heterocycles. The first-order chi connectivity index (χ1) is 8.24. The van der Waals surface area contributed by atoms with E-state index in [9.17, 15) is 0 Å². The van der Waals surface area contributed by atoms with Crippen LogP contribution in [0.15, 0.2) is 11.4 Å². The van der Waals surface area contributed by atoms with Crippen molar-refractivity contribution < 1.29 is 0 Å². The third-order valence-electron chi connectivity index (χ3n) is 3.56. The van der Waals surface area contributed by atoms with Crippen molar-refractivity contribution in [3.05, 3.63) is 11.4 Å². The molecule has 1 aliphatic carbocycles. The summed E-state index contributed by atoms with van der Waals surface area (Å²) in [7, 11) is 0. The highest BCUT2D eigenvalue weighted by atomic mass is 32.1. The minimum atomic E-state index is 0.350. The Labute approximate surface area is 104 Å². The summed E-state index contributed by atoms with van der Waals surface area (Å²) in [6.45, 7) is 2.22. The molecule has 0 aliphatic heterocycles. The van der Waals surface area contributed by atoms with Gasteiger partial charge in [0.15, 0.2) is 0 Å². The maximum Gasteiger partial charge on any atom is 0.223 e. The van der Waals surface area contributed by atoms with Crippen LogP contribution in [-0.4, -0.2) is 16.0 Å². The van der Waals surface area contributed by atoms with Crippen molar-refractivity contribution >= 4 is 33.3 Å². The van der Waals surface area contributed by atoms with Crippen molar-refractivity contribution in [1.82, 2.24) is 9.97 Å². The van der Waals surface area contributed by atoms with Gasteiger partial charge in [0, 0.05) is 6.04 Å². The van der Waals surface area contributed by atoms with E-state index in [1.165, 1.54) is 19.3 Å². The molecule has 2 aromatic heterocycles. The Kier molecular flexibility index (Phi) is 2.63. The van der Waals surface area contributed by atoms with Crippen LogP contribution in [0.25, 0.3) is 10.2 Å². The summed E-state index contributed by atoms with van der Waals surface area (Å²) in [5.74, 6) is 2.01. The lowest BCUT2D eigenvalue weighted by atomic mass is 9.80. The van der Waals surface area contributed by atoms with E-state index < -0.39 is 0 Å². The zero-order valence-electron chi connectivity index (χ0n) is 9.81. The third kappa shape index (κ3) is 1.95. The Morgan fingerprint density at radius 1 is 1.47 bits per heavy atom. The van der Waals surface area contributed by atoms with Crippen molar-refractivity contribution in [1.29, 1.82) is 0 Å². The van der Waals surface area contributed by atoms with Crippen LogP contribution in [0.2, 0.25) is 0 Å². The van der Waals surface area contributed by atoms with Gasteiger partial charge in [-0.3, -0.25) is 0 Å². The molecule has 1 aliphatic rings. The zero-order valence-corrected chi connectivity index (χ0v) is 10.6. The molecule has 3 rings (SSSR count). The number of anilines is 2. The molecule has 0 spiro atoms. The first-order valence-corrected chi connectivity index (χ1v) is 6.89. The van der Waals surface area contributed by atoms with Crippen molar-refractivity contribution in [3.63, 3.8) is 0 Å². The lowest BCUT2D eigenvalue weighted by Crippen LogP contribution is -2.31.